The molecule has 24 heavy (non-hydrogen) atoms. The minimum atomic E-state index is -0.321. The molecule has 0 aliphatic rings. The van der Waals surface area contributed by atoms with Gasteiger partial charge in [-0.25, -0.2) is 9.37 Å². The van der Waals surface area contributed by atoms with Gasteiger partial charge < -0.3 is 14.3 Å². The lowest BCUT2D eigenvalue weighted by Crippen LogP contribution is -2.05. The number of anilines is 1. The van der Waals surface area contributed by atoms with Crippen LogP contribution in [-0.2, 0) is 12.8 Å². The van der Waals surface area contributed by atoms with Gasteiger partial charge in [-0.15, -0.1) is 0 Å². The van der Waals surface area contributed by atoms with Gasteiger partial charge >= 0.3 is 0 Å². The van der Waals surface area contributed by atoms with Gasteiger partial charge in [0.15, 0.2) is 5.89 Å². The van der Waals surface area contributed by atoms with Crippen LogP contribution in [0, 0.1) is 17.1 Å². The van der Waals surface area contributed by atoms with Gasteiger partial charge in [0, 0.05) is 24.9 Å². The summed E-state index contributed by atoms with van der Waals surface area (Å²) < 4.78 is 23.5. The van der Waals surface area contributed by atoms with E-state index in [1.165, 1.54) is 12.1 Å². The lowest BCUT2D eigenvalue weighted by Gasteiger charge is -1.99. The van der Waals surface area contributed by atoms with Crippen molar-refractivity contribution in [2.45, 2.75) is 19.8 Å². The molecule has 7 nitrogen and oxygen atoms in total. The number of nitriles is 1. The van der Waals surface area contributed by atoms with Crippen molar-refractivity contribution in [2.24, 2.45) is 0 Å². The third-order valence-corrected chi connectivity index (χ3v) is 3.27. The van der Waals surface area contributed by atoms with Crippen LogP contribution in [0.1, 0.15) is 24.4 Å². The molecule has 3 rings (SSSR count). The van der Waals surface area contributed by atoms with Gasteiger partial charge in [0.05, 0.1) is 0 Å². The average Bonchev–Trinajstić information content (AvgIpc) is 3.22. The van der Waals surface area contributed by atoms with Crippen LogP contribution in [0.25, 0.3) is 11.4 Å². The fraction of sp³-hybridized carbons (Fsp3) is 0.250. The van der Waals surface area contributed by atoms with E-state index in [9.17, 15) is 4.39 Å². The van der Waals surface area contributed by atoms with Gasteiger partial charge in [0.2, 0.25) is 23.3 Å². The van der Waals surface area contributed by atoms with Crippen molar-refractivity contribution in [3.8, 4) is 17.5 Å². The maximum Gasteiger partial charge on any atom is 0.232 e. The Labute approximate surface area is 137 Å². The SMILES string of the molecule is CCc1nc(C#N)c(NCCc2nc(-c3ccc(F)cc3)no2)o1. The monoisotopic (exact) mass is 327 g/mol. The Balaban J connectivity index is 1.61. The molecule has 0 aliphatic carbocycles. The van der Waals surface area contributed by atoms with Crippen LogP contribution in [0.2, 0.25) is 0 Å². The average molecular weight is 327 g/mol. The molecule has 2 heterocycles. The third-order valence-electron chi connectivity index (χ3n) is 3.27. The van der Waals surface area contributed by atoms with Gasteiger partial charge in [-0.3, -0.25) is 0 Å². The second-order valence-electron chi connectivity index (χ2n) is 4.95. The fourth-order valence-corrected chi connectivity index (χ4v) is 2.07. The first kappa shape index (κ1) is 15.7. The summed E-state index contributed by atoms with van der Waals surface area (Å²) in [7, 11) is 0. The van der Waals surface area contributed by atoms with Crippen molar-refractivity contribution in [1.82, 2.24) is 15.1 Å². The Hall–Kier alpha value is -3.21. The maximum atomic E-state index is 12.9. The molecular formula is C16H14FN5O2. The van der Waals surface area contributed by atoms with Crippen LogP contribution >= 0.6 is 0 Å². The summed E-state index contributed by atoms with van der Waals surface area (Å²) in [6.07, 6.45) is 1.06. The predicted octanol–water partition coefficient (Wildman–Crippen LogP) is 2.95. The molecule has 0 fully saturated rings. The Kier molecular flexibility index (Phi) is 4.52. The number of hydrogen-bond donors (Lipinski definition) is 1. The van der Waals surface area contributed by atoms with E-state index in [4.69, 9.17) is 14.2 Å². The molecular weight excluding hydrogens is 313 g/mol. The quantitative estimate of drug-likeness (QED) is 0.742. The number of aromatic nitrogens is 3. The highest BCUT2D eigenvalue weighted by molar-refractivity contribution is 5.53. The van der Waals surface area contributed by atoms with Crippen molar-refractivity contribution in [3.05, 3.63) is 47.6 Å². The lowest BCUT2D eigenvalue weighted by molar-refractivity contribution is 0.381. The number of halogens is 1. The smallest absolute Gasteiger partial charge is 0.232 e. The molecule has 1 aromatic carbocycles. The highest BCUT2D eigenvalue weighted by Crippen LogP contribution is 2.18. The van der Waals surface area contributed by atoms with Gasteiger partial charge in [-0.1, -0.05) is 12.1 Å². The molecule has 0 aliphatic heterocycles. The van der Waals surface area contributed by atoms with Crippen molar-refractivity contribution in [3.63, 3.8) is 0 Å². The standard InChI is InChI=1S/C16H14FN5O2/c1-2-13-20-12(9-18)16(23-13)19-8-7-14-21-15(22-24-14)10-3-5-11(17)6-4-10/h3-6,19H,2,7-8H2,1H3. The number of hydrogen-bond acceptors (Lipinski definition) is 7. The van der Waals surface area contributed by atoms with E-state index in [1.807, 2.05) is 13.0 Å². The lowest BCUT2D eigenvalue weighted by atomic mass is 10.2. The summed E-state index contributed by atoms with van der Waals surface area (Å²) in [5, 5.41) is 15.9. The summed E-state index contributed by atoms with van der Waals surface area (Å²) in [6, 6.07) is 7.83. The second-order valence-corrected chi connectivity index (χ2v) is 4.95. The number of nitrogens with one attached hydrogen (secondary N) is 1. The Morgan fingerprint density at radius 3 is 2.71 bits per heavy atom. The molecule has 2 aromatic heterocycles. The minimum Gasteiger partial charge on any atom is -0.424 e. The van der Waals surface area contributed by atoms with E-state index < -0.39 is 0 Å². The number of rotatable bonds is 6. The zero-order valence-corrected chi connectivity index (χ0v) is 12.9. The molecule has 0 saturated heterocycles. The molecule has 0 atom stereocenters. The zero-order valence-electron chi connectivity index (χ0n) is 12.9. The maximum absolute atomic E-state index is 12.9. The van der Waals surface area contributed by atoms with Crippen LogP contribution in [0.5, 0.6) is 0 Å². The van der Waals surface area contributed by atoms with Crippen LogP contribution in [0.15, 0.2) is 33.2 Å². The highest BCUT2D eigenvalue weighted by Gasteiger charge is 2.13. The van der Waals surface area contributed by atoms with Crippen molar-refractivity contribution in [1.29, 1.82) is 5.26 Å². The Morgan fingerprint density at radius 1 is 1.21 bits per heavy atom. The first-order valence-corrected chi connectivity index (χ1v) is 7.41. The molecule has 0 unspecified atom stereocenters. The van der Waals surface area contributed by atoms with Crippen LogP contribution in [-0.4, -0.2) is 21.7 Å². The second kappa shape index (κ2) is 6.91. The first-order chi connectivity index (χ1) is 11.7. The molecule has 0 saturated carbocycles. The number of aryl methyl sites for hydroxylation is 1. The van der Waals surface area contributed by atoms with Gasteiger partial charge in [-0.2, -0.15) is 10.2 Å². The normalized spacial score (nSPS) is 10.5. The summed E-state index contributed by atoms with van der Waals surface area (Å²) in [5.74, 6) is 1.35. The molecule has 0 spiro atoms. The van der Waals surface area contributed by atoms with E-state index in [0.717, 1.165) is 0 Å². The molecule has 3 aromatic rings. The summed E-state index contributed by atoms with van der Waals surface area (Å²) in [4.78, 5) is 8.31. The number of benzene rings is 1. The third kappa shape index (κ3) is 3.41. The van der Waals surface area contributed by atoms with Crippen molar-refractivity contribution < 1.29 is 13.3 Å². The molecule has 0 bridgehead atoms. The van der Waals surface area contributed by atoms with E-state index in [2.05, 4.69) is 20.4 Å². The first-order valence-electron chi connectivity index (χ1n) is 7.41. The van der Waals surface area contributed by atoms with E-state index in [0.29, 0.717) is 48.4 Å². The fourth-order valence-electron chi connectivity index (χ4n) is 2.07. The largest absolute Gasteiger partial charge is 0.424 e. The van der Waals surface area contributed by atoms with Gasteiger partial charge in [-0.05, 0) is 24.3 Å². The highest BCUT2D eigenvalue weighted by atomic mass is 19.1. The molecule has 0 amide bonds. The van der Waals surface area contributed by atoms with Gasteiger partial charge in [0.1, 0.15) is 11.9 Å². The van der Waals surface area contributed by atoms with Crippen LogP contribution in [0.4, 0.5) is 10.3 Å². The van der Waals surface area contributed by atoms with Crippen LogP contribution < -0.4 is 5.32 Å². The predicted molar refractivity (Wildman–Crippen MR) is 82.5 cm³/mol. The summed E-state index contributed by atoms with van der Waals surface area (Å²) in [6.45, 7) is 2.34. The van der Waals surface area contributed by atoms with Crippen molar-refractivity contribution in [2.75, 3.05) is 11.9 Å². The van der Waals surface area contributed by atoms with Gasteiger partial charge in [0.25, 0.3) is 0 Å². The molecule has 122 valence electrons. The van der Waals surface area contributed by atoms with E-state index >= 15 is 0 Å². The number of oxazole rings is 1. The Morgan fingerprint density at radius 2 is 2.00 bits per heavy atom. The molecule has 1 N–H and O–H groups in total. The van der Waals surface area contributed by atoms with E-state index in [1.54, 1.807) is 12.1 Å². The van der Waals surface area contributed by atoms with Crippen molar-refractivity contribution >= 4 is 5.88 Å². The molecule has 0 radical (unpaired) electrons. The zero-order chi connectivity index (χ0) is 16.9. The minimum absolute atomic E-state index is 0.226. The topological polar surface area (TPSA) is 101 Å². The van der Waals surface area contributed by atoms with Crippen LogP contribution in [0.3, 0.4) is 0 Å². The van der Waals surface area contributed by atoms with E-state index in [-0.39, 0.29) is 11.5 Å². The summed E-state index contributed by atoms with van der Waals surface area (Å²) in [5.41, 5.74) is 0.901. The summed E-state index contributed by atoms with van der Waals surface area (Å²) >= 11 is 0. The number of nitrogens with zero attached hydrogens (tertiary/aromatic N) is 4. The Bertz CT molecular complexity index is 863. The molecule has 8 heteroatoms.